The summed E-state index contributed by atoms with van der Waals surface area (Å²) in [6.07, 6.45) is 3.60. The number of hydrogen-bond acceptors (Lipinski definition) is 2. The predicted molar refractivity (Wildman–Crippen MR) is 64.1 cm³/mol. The van der Waals surface area contributed by atoms with Gasteiger partial charge in [-0.2, -0.15) is 0 Å². The molecule has 2 heteroatoms. The third-order valence-electron chi connectivity index (χ3n) is 2.55. The first kappa shape index (κ1) is 12.1. The van der Waals surface area contributed by atoms with E-state index < -0.39 is 0 Å². The summed E-state index contributed by atoms with van der Waals surface area (Å²) in [5.74, 6) is 0.959. The Morgan fingerprint density at radius 3 is 2.67 bits per heavy atom. The van der Waals surface area contributed by atoms with Crippen LogP contribution in [0, 0.1) is 6.92 Å². The smallest absolute Gasteiger partial charge is 0.119 e. The van der Waals surface area contributed by atoms with Gasteiger partial charge in [-0.05, 0) is 36.6 Å². The minimum Gasteiger partial charge on any atom is -0.494 e. The molecule has 0 aliphatic rings. The van der Waals surface area contributed by atoms with Crippen LogP contribution >= 0.6 is 0 Å². The lowest BCUT2D eigenvalue weighted by Gasteiger charge is -2.08. The third-order valence-corrected chi connectivity index (χ3v) is 2.55. The standard InChI is InChI=1S/C13H21NO/c1-3-4-5-8-15-13-7-6-12(10-14)11(2)9-13/h6-7,9H,3-5,8,10,14H2,1-2H3. The molecule has 0 spiro atoms. The van der Waals surface area contributed by atoms with Crippen LogP contribution in [0.2, 0.25) is 0 Å². The monoisotopic (exact) mass is 207 g/mol. The summed E-state index contributed by atoms with van der Waals surface area (Å²) in [6.45, 7) is 5.68. The summed E-state index contributed by atoms with van der Waals surface area (Å²) in [6, 6.07) is 6.11. The van der Waals surface area contributed by atoms with Crippen molar-refractivity contribution in [2.45, 2.75) is 39.7 Å². The quantitative estimate of drug-likeness (QED) is 0.728. The van der Waals surface area contributed by atoms with Gasteiger partial charge in [-0.25, -0.2) is 0 Å². The number of unbranched alkanes of at least 4 members (excludes halogenated alkanes) is 2. The van der Waals surface area contributed by atoms with E-state index in [1.54, 1.807) is 0 Å². The van der Waals surface area contributed by atoms with Crippen molar-refractivity contribution in [2.24, 2.45) is 5.73 Å². The van der Waals surface area contributed by atoms with Crippen molar-refractivity contribution in [1.29, 1.82) is 0 Å². The Hall–Kier alpha value is -1.02. The molecule has 0 saturated carbocycles. The molecule has 1 aromatic carbocycles. The minimum atomic E-state index is 0.599. The molecule has 0 unspecified atom stereocenters. The van der Waals surface area contributed by atoms with Gasteiger partial charge in [0.2, 0.25) is 0 Å². The number of nitrogens with two attached hydrogens (primary N) is 1. The molecule has 84 valence electrons. The fraction of sp³-hybridized carbons (Fsp3) is 0.538. The number of rotatable bonds is 6. The summed E-state index contributed by atoms with van der Waals surface area (Å²) >= 11 is 0. The van der Waals surface area contributed by atoms with Crippen LogP contribution in [0.1, 0.15) is 37.3 Å². The Balaban J connectivity index is 2.45. The predicted octanol–water partition coefficient (Wildman–Crippen LogP) is 3.02. The summed E-state index contributed by atoms with van der Waals surface area (Å²) < 4.78 is 5.65. The highest BCUT2D eigenvalue weighted by atomic mass is 16.5. The van der Waals surface area contributed by atoms with Crippen LogP contribution < -0.4 is 10.5 Å². The van der Waals surface area contributed by atoms with Crippen LogP contribution in [0.5, 0.6) is 5.75 Å². The largest absolute Gasteiger partial charge is 0.494 e. The first-order chi connectivity index (χ1) is 7.27. The Morgan fingerprint density at radius 2 is 2.07 bits per heavy atom. The van der Waals surface area contributed by atoms with Crippen molar-refractivity contribution in [2.75, 3.05) is 6.61 Å². The van der Waals surface area contributed by atoms with E-state index in [1.165, 1.54) is 24.0 Å². The maximum absolute atomic E-state index is 5.65. The Morgan fingerprint density at radius 1 is 1.27 bits per heavy atom. The maximum atomic E-state index is 5.65. The average molecular weight is 207 g/mol. The van der Waals surface area contributed by atoms with Crippen molar-refractivity contribution in [3.8, 4) is 5.75 Å². The fourth-order valence-electron chi connectivity index (χ4n) is 1.53. The first-order valence-corrected chi connectivity index (χ1v) is 5.70. The molecule has 0 atom stereocenters. The van der Waals surface area contributed by atoms with Gasteiger partial charge in [0.15, 0.2) is 0 Å². The second-order valence-electron chi connectivity index (χ2n) is 3.85. The van der Waals surface area contributed by atoms with E-state index in [4.69, 9.17) is 10.5 Å². The Labute approximate surface area is 92.4 Å². The van der Waals surface area contributed by atoms with Crippen molar-refractivity contribution in [1.82, 2.24) is 0 Å². The van der Waals surface area contributed by atoms with Crippen LogP contribution in [0.25, 0.3) is 0 Å². The minimum absolute atomic E-state index is 0.599. The normalized spacial score (nSPS) is 10.3. The van der Waals surface area contributed by atoms with E-state index in [1.807, 2.05) is 12.1 Å². The van der Waals surface area contributed by atoms with Crippen LogP contribution in [0.3, 0.4) is 0 Å². The van der Waals surface area contributed by atoms with E-state index in [0.29, 0.717) is 6.54 Å². The van der Waals surface area contributed by atoms with E-state index in [9.17, 15) is 0 Å². The second-order valence-corrected chi connectivity index (χ2v) is 3.85. The summed E-state index contributed by atoms with van der Waals surface area (Å²) in [5, 5.41) is 0. The van der Waals surface area contributed by atoms with Gasteiger partial charge in [0, 0.05) is 6.54 Å². The zero-order valence-electron chi connectivity index (χ0n) is 9.75. The zero-order valence-corrected chi connectivity index (χ0v) is 9.75. The maximum Gasteiger partial charge on any atom is 0.119 e. The van der Waals surface area contributed by atoms with Crippen LogP contribution in [-0.2, 0) is 6.54 Å². The Bertz CT molecular complexity index is 297. The lowest BCUT2D eigenvalue weighted by atomic mass is 10.1. The highest BCUT2D eigenvalue weighted by molar-refractivity contribution is 5.34. The molecule has 1 rings (SSSR count). The fourth-order valence-corrected chi connectivity index (χ4v) is 1.53. The molecule has 0 aromatic heterocycles. The molecule has 1 aromatic rings. The van der Waals surface area contributed by atoms with Crippen molar-refractivity contribution in [3.63, 3.8) is 0 Å². The molecule has 0 saturated heterocycles. The third kappa shape index (κ3) is 3.92. The molecule has 2 nitrogen and oxygen atoms in total. The van der Waals surface area contributed by atoms with E-state index in [2.05, 4.69) is 19.9 Å². The molecule has 0 fully saturated rings. The molecule has 0 bridgehead atoms. The highest BCUT2D eigenvalue weighted by Gasteiger charge is 1.98. The summed E-state index contributed by atoms with van der Waals surface area (Å²) in [5.41, 5.74) is 8.00. The molecule has 15 heavy (non-hydrogen) atoms. The SMILES string of the molecule is CCCCCOc1ccc(CN)c(C)c1. The van der Waals surface area contributed by atoms with Gasteiger partial charge in [0.05, 0.1) is 6.61 Å². The van der Waals surface area contributed by atoms with Crippen LogP contribution in [0.4, 0.5) is 0 Å². The first-order valence-electron chi connectivity index (χ1n) is 5.70. The van der Waals surface area contributed by atoms with Gasteiger partial charge in [0.1, 0.15) is 5.75 Å². The van der Waals surface area contributed by atoms with Gasteiger partial charge >= 0.3 is 0 Å². The number of aryl methyl sites for hydroxylation is 1. The zero-order chi connectivity index (χ0) is 11.1. The molecule has 0 aliphatic heterocycles. The van der Waals surface area contributed by atoms with Crippen LogP contribution in [0.15, 0.2) is 18.2 Å². The molecular weight excluding hydrogens is 186 g/mol. The molecule has 0 amide bonds. The molecule has 0 heterocycles. The van der Waals surface area contributed by atoms with Crippen molar-refractivity contribution in [3.05, 3.63) is 29.3 Å². The lowest BCUT2D eigenvalue weighted by Crippen LogP contribution is -2.01. The van der Waals surface area contributed by atoms with E-state index >= 15 is 0 Å². The van der Waals surface area contributed by atoms with Gasteiger partial charge < -0.3 is 10.5 Å². The number of hydrogen-bond donors (Lipinski definition) is 1. The second kappa shape index (κ2) is 6.46. The van der Waals surface area contributed by atoms with E-state index in [-0.39, 0.29) is 0 Å². The highest BCUT2D eigenvalue weighted by Crippen LogP contribution is 2.17. The lowest BCUT2D eigenvalue weighted by molar-refractivity contribution is 0.306. The van der Waals surface area contributed by atoms with E-state index in [0.717, 1.165) is 18.8 Å². The molecule has 0 radical (unpaired) electrons. The number of benzene rings is 1. The number of ether oxygens (including phenoxy) is 1. The Kier molecular flexibility index (Phi) is 5.19. The van der Waals surface area contributed by atoms with Gasteiger partial charge in [-0.1, -0.05) is 25.8 Å². The van der Waals surface area contributed by atoms with Gasteiger partial charge in [-0.15, -0.1) is 0 Å². The average Bonchev–Trinajstić information content (AvgIpc) is 2.25. The molecular formula is C13H21NO. The molecule has 2 N–H and O–H groups in total. The molecule has 0 aliphatic carbocycles. The summed E-state index contributed by atoms with van der Waals surface area (Å²) in [7, 11) is 0. The topological polar surface area (TPSA) is 35.2 Å². The van der Waals surface area contributed by atoms with Gasteiger partial charge in [0.25, 0.3) is 0 Å². The van der Waals surface area contributed by atoms with Gasteiger partial charge in [-0.3, -0.25) is 0 Å². The van der Waals surface area contributed by atoms with Crippen molar-refractivity contribution >= 4 is 0 Å². The van der Waals surface area contributed by atoms with Crippen LogP contribution in [-0.4, -0.2) is 6.61 Å². The summed E-state index contributed by atoms with van der Waals surface area (Å²) in [4.78, 5) is 0. The van der Waals surface area contributed by atoms with Crippen molar-refractivity contribution < 1.29 is 4.74 Å².